The summed E-state index contributed by atoms with van der Waals surface area (Å²) in [4.78, 5) is 11.7. The summed E-state index contributed by atoms with van der Waals surface area (Å²) >= 11 is 0. The molecule has 0 aromatic rings. The summed E-state index contributed by atoms with van der Waals surface area (Å²) in [5.41, 5.74) is -1.80. The molecule has 226 valence electrons. The average Bonchev–Trinajstić information content (AvgIpc) is 2.76. The monoisotopic (exact) mass is 540 g/mol. The van der Waals surface area contributed by atoms with Crippen LogP contribution in [-0.4, -0.2) is 48.2 Å². The van der Waals surface area contributed by atoms with Crippen LogP contribution in [0.5, 0.6) is 0 Å². The molecule has 38 heavy (non-hydrogen) atoms. The first kappa shape index (κ1) is 37.1. The van der Waals surface area contributed by atoms with Gasteiger partial charge in [0.2, 0.25) is 0 Å². The third-order valence-electron chi connectivity index (χ3n) is 8.05. The Morgan fingerprint density at radius 2 is 1.16 bits per heavy atom. The van der Waals surface area contributed by atoms with Gasteiger partial charge in [0.1, 0.15) is 5.60 Å². The van der Waals surface area contributed by atoms with Gasteiger partial charge in [-0.05, 0) is 98.8 Å². The lowest BCUT2D eigenvalue weighted by Crippen LogP contribution is -2.54. The fourth-order valence-electron chi connectivity index (χ4n) is 5.45. The van der Waals surface area contributed by atoms with Gasteiger partial charge in [0.05, 0.1) is 23.4 Å². The number of hydrogen-bond donors (Lipinski definition) is 0. The van der Waals surface area contributed by atoms with E-state index >= 15 is 0 Å². The van der Waals surface area contributed by atoms with Crippen molar-refractivity contribution in [2.45, 2.75) is 157 Å². The first-order chi connectivity index (χ1) is 17.3. The Labute approximate surface area is 236 Å². The van der Waals surface area contributed by atoms with Gasteiger partial charge < -0.3 is 18.9 Å². The van der Waals surface area contributed by atoms with Crippen molar-refractivity contribution in [2.75, 3.05) is 19.8 Å². The lowest BCUT2D eigenvalue weighted by atomic mass is 9.60. The fraction of sp³-hybridized carbons (Fsp3) is 0.909. The molecule has 0 aliphatic heterocycles. The van der Waals surface area contributed by atoms with E-state index in [2.05, 4.69) is 82.7 Å². The van der Waals surface area contributed by atoms with E-state index in [-0.39, 0.29) is 16.6 Å². The van der Waals surface area contributed by atoms with Gasteiger partial charge in [0, 0.05) is 31.1 Å². The highest BCUT2D eigenvalue weighted by Gasteiger charge is 2.52. The summed E-state index contributed by atoms with van der Waals surface area (Å²) in [5.74, 6) is 0.807. The van der Waals surface area contributed by atoms with E-state index < -0.39 is 17.2 Å². The molecule has 0 fully saturated rings. The van der Waals surface area contributed by atoms with Crippen LogP contribution in [0.1, 0.15) is 135 Å². The van der Waals surface area contributed by atoms with Gasteiger partial charge in [-0.1, -0.05) is 48.1 Å². The van der Waals surface area contributed by atoms with Gasteiger partial charge in [0.25, 0.3) is 0 Å². The van der Waals surface area contributed by atoms with Gasteiger partial charge in [-0.3, -0.25) is 0 Å². The molecule has 0 saturated heterocycles. The minimum absolute atomic E-state index is 0.158. The molecule has 2 atom stereocenters. The molecule has 0 heterocycles. The summed E-state index contributed by atoms with van der Waals surface area (Å²) < 4.78 is 25.4. The zero-order valence-corrected chi connectivity index (χ0v) is 27.6. The Morgan fingerprint density at radius 1 is 0.711 bits per heavy atom. The second-order valence-corrected chi connectivity index (χ2v) is 14.1. The Morgan fingerprint density at radius 3 is 1.55 bits per heavy atom. The van der Waals surface area contributed by atoms with Crippen molar-refractivity contribution < 1.29 is 23.7 Å². The van der Waals surface area contributed by atoms with Crippen LogP contribution in [0.15, 0.2) is 12.7 Å². The van der Waals surface area contributed by atoms with E-state index in [9.17, 15) is 4.79 Å². The van der Waals surface area contributed by atoms with Crippen LogP contribution in [0.2, 0.25) is 0 Å². The van der Waals surface area contributed by atoms with Gasteiger partial charge >= 0.3 is 5.97 Å². The molecule has 0 amide bonds. The van der Waals surface area contributed by atoms with Crippen LogP contribution >= 0.6 is 0 Å². The Balaban J connectivity index is 5.97. The summed E-state index contributed by atoms with van der Waals surface area (Å²) in [6.45, 7) is 34.0. The second-order valence-electron chi connectivity index (χ2n) is 14.1. The van der Waals surface area contributed by atoms with E-state index in [4.69, 9.17) is 18.9 Å². The largest absolute Gasteiger partial charge is 0.456 e. The van der Waals surface area contributed by atoms with E-state index in [0.717, 1.165) is 51.7 Å². The normalized spacial score (nSPS) is 16.4. The van der Waals surface area contributed by atoms with Crippen molar-refractivity contribution in [3.05, 3.63) is 12.7 Å². The van der Waals surface area contributed by atoms with Crippen molar-refractivity contribution >= 4 is 5.97 Å². The fourth-order valence-corrected chi connectivity index (χ4v) is 5.45. The van der Waals surface area contributed by atoms with Gasteiger partial charge in [-0.2, -0.15) is 0 Å². The Bertz CT molecular complexity index is 693. The highest BCUT2D eigenvalue weighted by Crippen LogP contribution is 2.52. The van der Waals surface area contributed by atoms with Crippen LogP contribution in [-0.2, 0) is 23.7 Å². The SMILES string of the molecule is C=CC(=O)OC(C)(C)CCOC(C)(C)CC(CC)(CC(C)(C)OCCC(C)C)C(C)(CC)OCCC(C)C. The Kier molecular flexibility index (Phi) is 15.4. The van der Waals surface area contributed by atoms with Crippen LogP contribution in [0.4, 0.5) is 0 Å². The topological polar surface area (TPSA) is 54.0 Å². The predicted molar refractivity (Wildman–Crippen MR) is 161 cm³/mol. The number of carbonyl (C=O) groups excluding carboxylic acids is 1. The van der Waals surface area contributed by atoms with Crippen molar-refractivity contribution in [3.63, 3.8) is 0 Å². The minimum Gasteiger partial charge on any atom is -0.456 e. The zero-order chi connectivity index (χ0) is 29.8. The lowest BCUT2D eigenvalue weighted by Gasteiger charge is -2.54. The first-order valence-corrected chi connectivity index (χ1v) is 15.1. The highest BCUT2D eigenvalue weighted by atomic mass is 16.6. The maximum absolute atomic E-state index is 11.7. The zero-order valence-electron chi connectivity index (χ0n) is 27.6. The molecule has 0 rings (SSSR count). The van der Waals surface area contributed by atoms with E-state index in [1.165, 1.54) is 6.08 Å². The summed E-state index contributed by atoms with van der Waals surface area (Å²) in [7, 11) is 0. The molecule has 2 unspecified atom stereocenters. The molecule has 0 N–H and O–H groups in total. The van der Waals surface area contributed by atoms with Crippen molar-refractivity contribution in [3.8, 4) is 0 Å². The standard InChI is InChI=1S/C33H64O5/c1-15-28(34)38-29(8,9)20-23-36-31(12,13)25-33(17-3,24-30(10,11)35-21-18-26(4)5)32(14,16-2)37-22-19-27(6)7/h15,26-27H,1,16-25H2,2-14H3. The molecule has 0 aromatic heterocycles. The third-order valence-corrected chi connectivity index (χ3v) is 8.05. The maximum atomic E-state index is 11.7. The van der Waals surface area contributed by atoms with Gasteiger partial charge in [-0.25, -0.2) is 4.79 Å². The molecule has 0 aliphatic carbocycles. The van der Waals surface area contributed by atoms with E-state index in [1.807, 2.05) is 13.8 Å². The molecule has 0 spiro atoms. The smallest absolute Gasteiger partial charge is 0.330 e. The van der Waals surface area contributed by atoms with Gasteiger partial charge in [0.15, 0.2) is 0 Å². The number of ether oxygens (including phenoxy) is 4. The maximum Gasteiger partial charge on any atom is 0.330 e. The summed E-state index contributed by atoms with van der Waals surface area (Å²) in [5, 5.41) is 0. The summed E-state index contributed by atoms with van der Waals surface area (Å²) in [6.07, 6.45) is 7.52. The molecular formula is C33H64O5. The molecule has 5 nitrogen and oxygen atoms in total. The molecule has 0 saturated carbocycles. The highest BCUT2D eigenvalue weighted by molar-refractivity contribution is 5.81. The number of carbonyl (C=O) groups is 1. The van der Waals surface area contributed by atoms with Crippen LogP contribution in [0.3, 0.4) is 0 Å². The van der Waals surface area contributed by atoms with Crippen molar-refractivity contribution in [1.82, 2.24) is 0 Å². The molecular weight excluding hydrogens is 476 g/mol. The van der Waals surface area contributed by atoms with Crippen molar-refractivity contribution in [1.29, 1.82) is 0 Å². The predicted octanol–water partition coefficient (Wildman–Crippen LogP) is 8.93. The molecule has 0 aromatic carbocycles. The first-order valence-electron chi connectivity index (χ1n) is 15.1. The average molecular weight is 541 g/mol. The van der Waals surface area contributed by atoms with E-state index in [0.29, 0.717) is 24.9 Å². The third kappa shape index (κ3) is 13.4. The number of esters is 1. The van der Waals surface area contributed by atoms with Gasteiger partial charge in [-0.15, -0.1) is 0 Å². The second kappa shape index (κ2) is 15.8. The number of hydrogen-bond acceptors (Lipinski definition) is 5. The molecule has 0 bridgehead atoms. The summed E-state index contributed by atoms with van der Waals surface area (Å²) in [6, 6.07) is 0. The minimum atomic E-state index is -0.618. The van der Waals surface area contributed by atoms with Crippen molar-refractivity contribution in [2.24, 2.45) is 17.3 Å². The Hall–Kier alpha value is -0.910. The molecule has 5 heteroatoms. The molecule has 0 radical (unpaired) electrons. The number of rotatable bonds is 21. The van der Waals surface area contributed by atoms with Crippen LogP contribution in [0.25, 0.3) is 0 Å². The molecule has 0 aliphatic rings. The quantitative estimate of drug-likeness (QED) is 0.107. The lowest BCUT2D eigenvalue weighted by molar-refractivity contribution is -0.190. The van der Waals surface area contributed by atoms with E-state index in [1.54, 1.807) is 0 Å². The van der Waals surface area contributed by atoms with Crippen LogP contribution < -0.4 is 0 Å². The van der Waals surface area contributed by atoms with Crippen LogP contribution in [0, 0.1) is 17.3 Å².